The van der Waals surface area contributed by atoms with Gasteiger partial charge in [0.25, 0.3) is 0 Å². The minimum absolute atomic E-state index is 0.226. The van der Waals surface area contributed by atoms with E-state index in [2.05, 4.69) is 32.2 Å². The first-order valence-electron chi connectivity index (χ1n) is 8.77. The van der Waals surface area contributed by atoms with Gasteiger partial charge < -0.3 is 15.3 Å². The van der Waals surface area contributed by atoms with Crippen LogP contribution >= 0.6 is 0 Å². The zero-order valence-electron chi connectivity index (χ0n) is 14.7. The summed E-state index contributed by atoms with van der Waals surface area (Å²) in [6.45, 7) is 4.06. The van der Waals surface area contributed by atoms with Crippen molar-refractivity contribution in [3.05, 3.63) is 70.7 Å². The Hall–Kier alpha value is -3.37. The first-order chi connectivity index (χ1) is 13.1. The molecule has 0 spiro atoms. The van der Waals surface area contributed by atoms with E-state index in [-0.39, 0.29) is 5.56 Å². The number of pyridine rings is 1. The number of hydrogen-bond acceptors (Lipinski definition) is 6. The molecule has 0 unspecified atom stereocenters. The lowest BCUT2D eigenvalue weighted by molar-refractivity contribution is 0.0696. The third-order valence-electron chi connectivity index (χ3n) is 4.94. The number of nitrogens with one attached hydrogen (secondary N) is 1. The molecule has 136 valence electrons. The van der Waals surface area contributed by atoms with Crippen LogP contribution < -0.4 is 5.32 Å². The van der Waals surface area contributed by atoms with E-state index in [9.17, 15) is 10.1 Å². The predicted molar refractivity (Wildman–Crippen MR) is 99.2 cm³/mol. The molecule has 0 radical (unpaired) electrons. The van der Waals surface area contributed by atoms with Crippen LogP contribution in [0.3, 0.4) is 0 Å². The molecule has 0 amide bonds. The average Bonchev–Trinajstić information content (AvgIpc) is 3.32. The molecule has 1 aromatic carbocycles. The largest absolute Gasteiger partial charge is 0.478 e. The molecule has 0 aliphatic carbocycles. The Labute approximate surface area is 157 Å². The number of rotatable bonds is 5. The molecule has 4 rings (SSSR count). The number of fused-ring (bicyclic) bond motifs is 1. The third-order valence-corrected chi connectivity index (χ3v) is 4.94. The zero-order valence-corrected chi connectivity index (χ0v) is 14.7. The standard InChI is InChI=1S/C20H19N5O2/c21-9-15-2-1-3-16-10-24(11-17(15)16)6-7-25-12-19(23-13-25)18-8-14(20(26)27)4-5-22-18/h1-5,8,12,23H,6-7,10-11,13H2,(H,26,27). The Morgan fingerprint density at radius 2 is 2.19 bits per heavy atom. The number of aromatic nitrogens is 1. The minimum atomic E-state index is -0.959. The Kier molecular flexibility index (Phi) is 4.48. The van der Waals surface area contributed by atoms with Gasteiger partial charge in [-0.1, -0.05) is 12.1 Å². The number of nitrogens with zero attached hydrogens (tertiary/aromatic N) is 4. The molecule has 7 nitrogen and oxygen atoms in total. The molecule has 27 heavy (non-hydrogen) atoms. The highest BCUT2D eigenvalue weighted by molar-refractivity contribution is 5.88. The molecule has 2 aliphatic heterocycles. The summed E-state index contributed by atoms with van der Waals surface area (Å²) in [5, 5.41) is 21.6. The number of carbonyl (C=O) groups is 1. The SMILES string of the molecule is N#Cc1cccc2c1CN(CCN1C=C(c3cc(C(=O)O)ccn3)NC1)C2. The van der Waals surface area contributed by atoms with Crippen LogP contribution in [0.1, 0.15) is 32.7 Å². The summed E-state index contributed by atoms with van der Waals surface area (Å²) >= 11 is 0. The van der Waals surface area contributed by atoms with Crippen molar-refractivity contribution in [3.63, 3.8) is 0 Å². The second-order valence-corrected chi connectivity index (χ2v) is 6.69. The second-order valence-electron chi connectivity index (χ2n) is 6.69. The summed E-state index contributed by atoms with van der Waals surface area (Å²) in [5.74, 6) is -0.959. The van der Waals surface area contributed by atoms with E-state index in [0.29, 0.717) is 12.4 Å². The highest BCUT2D eigenvalue weighted by Crippen LogP contribution is 2.25. The molecule has 0 atom stereocenters. The minimum Gasteiger partial charge on any atom is -0.478 e. The summed E-state index contributed by atoms with van der Waals surface area (Å²) < 4.78 is 0. The van der Waals surface area contributed by atoms with Crippen molar-refractivity contribution in [3.8, 4) is 6.07 Å². The van der Waals surface area contributed by atoms with Gasteiger partial charge in [0.1, 0.15) is 0 Å². The summed E-state index contributed by atoms with van der Waals surface area (Å²) in [6, 6.07) is 11.2. The lowest BCUT2D eigenvalue weighted by Crippen LogP contribution is -2.30. The van der Waals surface area contributed by atoms with Crippen LogP contribution in [-0.2, 0) is 13.1 Å². The monoisotopic (exact) mass is 361 g/mol. The first kappa shape index (κ1) is 17.1. The maximum absolute atomic E-state index is 11.1. The van der Waals surface area contributed by atoms with Crippen molar-refractivity contribution < 1.29 is 9.90 Å². The number of nitriles is 1. The fourth-order valence-corrected chi connectivity index (χ4v) is 3.49. The van der Waals surface area contributed by atoms with Gasteiger partial charge in [0.15, 0.2) is 0 Å². The van der Waals surface area contributed by atoms with E-state index in [1.165, 1.54) is 17.8 Å². The molecule has 0 bridgehead atoms. The van der Waals surface area contributed by atoms with Crippen molar-refractivity contribution in [1.82, 2.24) is 20.1 Å². The van der Waals surface area contributed by atoms with Crippen LogP contribution in [0, 0.1) is 11.3 Å². The number of benzene rings is 1. The van der Waals surface area contributed by atoms with Crippen molar-refractivity contribution in [2.24, 2.45) is 0 Å². The molecule has 2 aromatic rings. The van der Waals surface area contributed by atoms with Crippen LogP contribution in [0.4, 0.5) is 0 Å². The molecule has 0 fully saturated rings. The van der Waals surface area contributed by atoms with E-state index in [0.717, 1.165) is 43.0 Å². The first-order valence-corrected chi connectivity index (χ1v) is 8.77. The van der Waals surface area contributed by atoms with E-state index in [4.69, 9.17) is 5.11 Å². The van der Waals surface area contributed by atoms with E-state index in [1.54, 1.807) is 6.07 Å². The van der Waals surface area contributed by atoms with Crippen molar-refractivity contribution in [2.45, 2.75) is 13.1 Å². The third kappa shape index (κ3) is 3.48. The fourth-order valence-electron chi connectivity index (χ4n) is 3.49. The van der Waals surface area contributed by atoms with Gasteiger partial charge in [-0.15, -0.1) is 0 Å². The molecule has 2 aliphatic rings. The summed E-state index contributed by atoms with van der Waals surface area (Å²) in [6.07, 6.45) is 3.50. The Balaban J connectivity index is 1.38. The summed E-state index contributed by atoms with van der Waals surface area (Å²) in [7, 11) is 0. The van der Waals surface area contributed by atoms with Gasteiger partial charge in [0, 0.05) is 38.6 Å². The Bertz CT molecular complexity index is 963. The number of aromatic carboxylic acids is 1. The normalized spacial score (nSPS) is 15.8. The topological polar surface area (TPSA) is 92.5 Å². The second kappa shape index (κ2) is 7.09. The van der Waals surface area contributed by atoms with Crippen molar-refractivity contribution >= 4 is 11.7 Å². The maximum atomic E-state index is 11.1. The average molecular weight is 361 g/mol. The lowest BCUT2D eigenvalue weighted by atomic mass is 10.1. The van der Waals surface area contributed by atoms with E-state index in [1.807, 2.05) is 18.3 Å². The van der Waals surface area contributed by atoms with Gasteiger partial charge in [-0.25, -0.2) is 4.79 Å². The molecule has 3 heterocycles. The summed E-state index contributed by atoms with van der Waals surface area (Å²) in [4.78, 5) is 19.9. The van der Waals surface area contributed by atoms with Crippen molar-refractivity contribution in [1.29, 1.82) is 5.26 Å². The zero-order chi connectivity index (χ0) is 18.8. The lowest BCUT2D eigenvalue weighted by Gasteiger charge is -2.20. The van der Waals surface area contributed by atoms with Gasteiger partial charge in [-0.05, 0) is 29.3 Å². The van der Waals surface area contributed by atoms with Gasteiger partial charge in [0.05, 0.1) is 35.3 Å². The van der Waals surface area contributed by atoms with Gasteiger partial charge in [-0.2, -0.15) is 5.26 Å². The van der Waals surface area contributed by atoms with Crippen LogP contribution in [-0.4, -0.2) is 45.6 Å². The fraction of sp³-hybridized carbons (Fsp3) is 0.250. The number of carboxylic acids is 1. The van der Waals surface area contributed by atoms with E-state index >= 15 is 0 Å². The summed E-state index contributed by atoms with van der Waals surface area (Å²) in [5.41, 5.74) is 4.83. The molecule has 2 N–H and O–H groups in total. The van der Waals surface area contributed by atoms with Crippen LogP contribution in [0.15, 0.2) is 42.7 Å². The molecular weight excluding hydrogens is 342 g/mol. The predicted octanol–water partition coefficient (Wildman–Crippen LogP) is 1.83. The molecule has 0 saturated carbocycles. The number of carboxylic acid groups (broad SMARTS) is 1. The highest BCUT2D eigenvalue weighted by atomic mass is 16.4. The highest BCUT2D eigenvalue weighted by Gasteiger charge is 2.22. The van der Waals surface area contributed by atoms with E-state index < -0.39 is 5.97 Å². The van der Waals surface area contributed by atoms with Gasteiger partial charge in [0.2, 0.25) is 0 Å². The van der Waals surface area contributed by atoms with Crippen LogP contribution in [0.25, 0.3) is 5.70 Å². The Morgan fingerprint density at radius 3 is 3.00 bits per heavy atom. The smallest absolute Gasteiger partial charge is 0.335 e. The quantitative estimate of drug-likeness (QED) is 0.839. The van der Waals surface area contributed by atoms with Crippen LogP contribution in [0.5, 0.6) is 0 Å². The maximum Gasteiger partial charge on any atom is 0.335 e. The molecule has 7 heteroatoms. The Morgan fingerprint density at radius 1 is 1.30 bits per heavy atom. The molecule has 1 aromatic heterocycles. The number of hydrogen-bond donors (Lipinski definition) is 2. The molecular formula is C20H19N5O2. The molecule has 0 saturated heterocycles. The van der Waals surface area contributed by atoms with Crippen molar-refractivity contribution in [2.75, 3.05) is 19.8 Å². The van der Waals surface area contributed by atoms with Gasteiger partial charge in [-0.3, -0.25) is 9.88 Å². The van der Waals surface area contributed by atoms with Crippen LogP contribution in [0.2, 0.25) is 0 Å². The van der Waals surface area contributed by atoms with Gasteiger partial charge >= 0.3 is 5.97 Å².